The minimum absolute atomic E-state index is 0.160. The van der Waals surface area contributed by atoms with Gasteiger partial charge in [-0.3, -0.25) is 4.98 Å². The van der Waals surface area contributed by atoms with E-state index in [1.54, 1.807) is 0 Å². The second kappa shape index (κ2) is 6.81. The molecule has 0 radical (unpaired) electrons. The Kier molecular flexibility index (Phi) is 4.38. The van der Waals surface area contributed by atoms with Crippen LogP contribution in [0.15, 0.2) is 36.9 Å². The zero-order chi connectivity index (χ0) is 16.4. The van der Waals surface area contributed by atoms with Crippen LogP contribution in [0.4, 0.5) is 10.3 Å². The maximum Gasteiger partial charge on any atom is 0.225 e. The normalized spacial score (nSPS) is 23.6. The van der Waals surface area contributed by atoms with Gasteiger partial charge in [-0.1, -0.05) is 0 Å². The first kappa shape index (κ1) is 15.4. The van der Waals surface area contributed by atoms with Gasteiger partial charge in [-0.15, -0.1) is 0 Å². The molecule has 5 nitrogen and oxygen atoms in total. The number of nitrogens with zero attached hydrogens (tertiary/aromatic N) is 4. The van der Waals surface area contributed by atoms with Crippen LogP contribution in [0.3, 0.4) is 0 Å². The summed E-state index contributed by atoms with van der Waals surface area (Å²) < 4.78 is 19.3. The predicted octanol–water partition coefficient (Wildman–Crippen LogP) is 2.63. The second-order valence-electron chi connectivity index (χ2n) is 6.63. The number of hydrogen-bond donors (Lipinski definition) is 0. The average molecular weight is 328 g/mol. The third-order valence-electron chi connectivity index (χ3n) is 4.78. The van der Waals surface area contributed by atoms with Crippen LogP contribution in [0.25, 0.3) is 0 Å². The molecule has 0 aromatic carbocycles. The molecule has 6 heteroatoms. The smallest absolute Gasteiger partial charge is 0.225 e. The Morgan fingerprint density at radius 1 is 1.12 bits per heavy atom. The third-order valence-corrected chi connectivity index (χ3v) is 4.78. The molecule has 126 valence electrons. The van der Waals surface area contributed by atoms with Crippen molar-refractivity contribution in [2.45, 2.75) is 37.8 Å². The molecular formula is C18H21FN4O. The van der Waals surface area contributed by atoms with Crippen LogP contribution in [-0.2, 0) is 11.2 Å². The summed E-state index contributed by atoms with van der Waals surface area (Å²) in [6.45, 7) is 1.67. The van der Waals surface area contributed by atoms with Gasteiger partial charge in [0.1, 0.15) is 0 Å². The van der Waals surface area contributed by atoms with E-state index in [0.717, 1.165) is 31.9 Å². The summed E-state index contributed by atoms with van der Waals surface area (Å²) in [6, 6.07) is 4.22. The summed E-state index contributed by atoms with van der Waals surface area (Å²) in [4.78, 5) is 14.6. The van der Waals surface area contributed by atoms with Crippen LogP contribution >= 0.6 is 0 Å². The van der Waals surface area contributed by atoms with E-state index in [0.29, 0.717) is 5.95 Å². The average Bonchev–Trinajstić information content (AvgIpc) is 3.36. The highest BCUT2D eigenvalue weighted by atomic mass is 19.1. The Bertz CT molecular complexity index is 662. The number of pyridine rings is 1. The SMILES string of the molecule is Fc1cnc(N2CC[C@@H](OCC3CC3)[C@@H]2Cc2ccncc2)nc1. The zero-order valence-corrected chi connectivity index (χ0v) is 13.5. The maximum atomic E-state index is 13.1. The van der Waals surface area contributed by atoms with E-state index in [1.807, 2.05) is 24.5 Å². The van der Waals surface area contributed by atoms with Crippen molar-refractivity contribution in [3.63, 3.8) is 0 Å². The molecule has 2 fully saturated rings. The summed E-state index contributed by atoms with van der Waals surface area (Å²) in [5.41, 5.74) is 1.21. The zero-order valence-electron chi connectivity index (χ0n) is 13.5. The number of anilines is 1. The Hall–Kier alpha value is -2.08. The molecule has 0 amide bonds. The molecule has 3 heterocycles. The van der Waals surface area contributed by atoms with Crippen LogP contribution in [0.1, 0.15) is 24.8 Å². The predicted molar refractivity (Wildman–Crippen MR) is 88.1 cm³/mol. The van der Waals surface area contributed by atoms with Crippen molar-refractivity contribution in [2.75, 3.05) is 18.1 Å². The highest BCUT2D eigenvalue weighted by molar-refractivity contribution is 5.35. The number of ether oxygens (including phenoxy) is 1. The van der Waals surface area contributed by atoms with Gasteiger partial charge in [-0.2, -0.15) is 0 Å². The first-order chi connectivity index (χ1) is 11.8. The first-order valence-electron chi connectivity index (χ1n) is 8.54. The molecule has 1 saturated carbocycles. The lowest BCUT2D eigenvalue weighted by Gasteiger charge is -2.28. The van der Waals surface area contributed by atoms with E-state index in [2.05, 4.69) is 19.9 Å². The van der Waals surface area contributed by atoms with Gasteiger partial charge in [-0.25, -0.2) is 14.4 Å². The van der Waals surface area contributed by atoms with Crippen LogP contribution < -0.4 is 4.90 Å². The fraction of sp³-hybridized carbons (Fsp3) is 0.500. The maximum absolute atomic E-state index is 13.1. The van der Waals surface area contributed by atoms with Crippen molar-refractivity contribution in [1.29, 1.82) is 0 Å². The largest absolute Gasteiger partial charge is 0.376 e. The molecule has 1 aliphatic carbocycles. The van der Waals surface area contributed by atoms with E-state index < -0.39 is 5.82 Å². The highest BCUT2D eigenvalue weighted by Crippen LogP contribution is 2.32. The Morgan fingerprint density at radius 3 is 2.58 bits per heavy atom. The fourth-order valence-electron chi connectivity index (χ4n) is 3.27. The van der Waals surface area contributed by atoms with Gasteiger partial charge in [0, 0.05) is 25.5 Å². The number of halogens is 1. The van der Waals surface area contributed by atoms with Gasteiger partial charge in [-0.05, 0) is 49.3 Å². The van der Waals surface area contributed by atoms with Crippen LogP contribution in [-0.4, -0.2) is 40.2 Å². The molecule has 0 spiro atoms. The molecule has 4 rings (SSSR count). The number of hydrogen-bond acceptors (Lipinski definition) is 5. The Balaban J connectivity index is 1.53. The van der Waals surface area contributed by atoms with Gasteiger partial charge >= 0.3 is 0 Å². The molecule has 0 N–H and O–H groups in total. The van der Waals surface area contributed by atoms with Gasteiger partial charge in [0.2, 0.25) is 5.95 Å². The lowest BCUT2D eigenvalue weighted by atomic mass is 10.0. The number of aromatic nitrogens is 3. The second-order valence-corrected chi connectivity index (χ2v) is 6.63. The minimum atomic E-state index is -0.412. The van der Waals surface area contributed by atoms with Crippen molar-refractivity contribution in [3.8, 4) is 0 Å². The molecule has 1 aliphatic heterocycles. The van der Waals surface area contributed by atoms with E-state index in [-0.39, 0.29) is 12.1 Å². The molecule has 0 unspecified atom stereocenters. The van der Waals surface area contributed by atoms with Gasteiger partial charge in [0.05, 0.1) is 24.5 Å². The lowest BCUT2D eigenvalue weighted by Crippen LogP contribution is -2.39. The molecule has 24 heavy (non-hydrogen) atoms. The molecular weight excluding hydrogens is 307 g/mol. The van der Waals surface area contributed by atoms with E-state index in [4.69, 9.17) is 4.74 Å². The molecule has 2 aromatic heterocycles. The summed E-state index contributed by atoms with van der Waals surface area (Å²) in [5, 5.41) is 0. The summed E-state index contributed by atoms with van der Waals surface area (Å²) in [6.07, 6.45) is 10.6. The molecule has 2 aliphatic rings. The van der Waals surface area contributed by atoms with Crippen molar-refractivity contribution in [2.24, 2.45) is 5.92 Å². The lowest BCUT2D eigenvalue weighted by molar-refractivity contribution is 0.0406. The Morgan fingerprint density at radius 2 is 1.88 bits per heavy atom. The summed E-state index contributed by atoms with van der Waals surface area (Å²) in [5.74, 6) is 0.904. The first-order valence-corrected chi connectivity index (χ1v) is 8.54. The minimum Gasteiger partial charge on any atom is -0.376 e. The van der Waals surface area contributed by atoms with Gasteiger partial charge in [0.15, 0.2) is 5.82 Å². The van der Waals surface area contributed by atoms with Crippen LogP contribution in [0, 0.1) is 11.7 Å². The van der Waals surface area contributed by atoms with Crippen molar-refractivity contribution in [1.82, 2.24) is 15.0 Å². The summed E-state index contributed by atoms with van der Waals surface area (Å²) in [7, 11) is 0. The molecule has 1 saturated heterocycles. The fourth-order valence-corrected chi connectivity index (χ4v) is 3.27. The summed E-state index contributed by atoms with van der Waals surface area (Å²) >= 11 is 0. The molecule has 2 aromatic rings. The third kappa shape index (κ3) is 3.53. The van der Waals surface area contributed by atoms with Gasteiger partial charge < -0.3 is 9.64 Å². The van der Waals surface area contributed by atoms with Gasteiger partial charge in [0.25, 0.3) is 0 Å². The standard InChI is InChI=1S/C18H21FN4O/c19-15-10-21-18(22-11-15)23-8-5-17(24-12-14-1-2-14)16(23)9-13-3-6-20-7-4-13/h3-4,6-7,10-11,14,16-17H,1-2,5,8-9,12H2/t16-,17+/m0/s1. The van der Waals surface area contributed by atoms with Crippen LogP contribution in [0.5, 0.6) is 0 Å². The topological polar surface area (TPSA) is 51.1 Å². The molecule has 2 atom stereocenters. The van der Waals surface area contributed by atoms with E-state index in [1.165, 1.54) is 30.8 Å². The van der Waals surface area contributed by atoms with Crippen molar-refractivity contribution < 1.29 is 9.13 Å². The quantitative estimate of drug-likeness (QED) is 0.816. The van der Waals surface area contributed by atoms with E-state index >= 15 is 0 Å². The Labute approximate surface area is 140 Å². The highest BCUT2D eigenvalue weighted by Gasteiger charge is 2.37. The van der Waals surface area contributed by atoms with E-state index in [9.17, 15) is 4.39 Å². The van der Waals surface area contributed by atoms with Crippen molar-refractivity contribution >= 4 is 5.95 Å². The monoisotopic (exact) mass is 328 g/mol. The van der Waals surface area contributed by atoms with Crippen LogP contribution in [0.2, 0.25) is 0 Å². The number of rotatable bonds is 6. The van der Waals surface area contributed by atoms with Crippen molar-refractivity contribution in [3.05, 3.63) is 48.3 Å². The molecule has 0 bridgehead atoms.